The third-order valence-electron chi connectivity index (χ3n) is 26.7. The van der Waals surface area contributed by atoms with Crippen molar-refractivity contribution in [1.82, 2.24) is 10.4 Å². The summed E-state index contributed by atoms with van der Waals surface area (Å²) in [6, 6.07) is 64.4. The molecule has 10 N–H and O–H groups in total. The van der Waals surface area contributed by atoms with Crippen molar-refractivity contribution in [2.24, 2.45) is 50.4 Å². The van der Waals surface area contributed by atoms with Crippen LogP contribution in [0, 0.1) is 0 Å². The second kappa shape index (κ2) is 51.0. The molecule has 0 aliphatic carbocycles. The lowest BCUT2D eigenvalue weighted by atomic mass is 9.96. The Balaban J connectivity index is 0.000000160. The van der Waals surface area contributed by atoms with E-state index in [1.807, 2.05) is 99.3 Å². The molecule has 31 heteroatoms. The van der Waals surface area contributed by atoms with Gasteiger partial charge < -0.3 is 50.8 Å². The summed E-state index contributed by atoms with van der Waals surface area (Å²) in [5, 5.41) is 99.6. The highest BCUT2D eigenvalue weighted by Crippen LogP contribution is 2.52. The van der Waals surface area contributed by atoms with Crippen LogP contribution in [0.15, 0.2) is 257 Å². The third-order valence-corrected chi connectivity index (χ3v) is 28.6. The zero-order valence-corrected chi connectivity index (χ0v) is 84.4. The van der Waals surface area contributed by atoms with Gasteiger partial charge in [0.15, 0.2) is 0 Å². The van der Waals surface area contributed by atoms with Crippen LogP contribution in [-0.4, -0.2) is 200 Å². The van der Waals surface area contributed by atoms with Crippen LogP contribution >= 0.6 is 21.6 Å². The molecule has 8 aromatic rings. The second-order valence-electron chi connectivity index (χ2n) is 38.7. The summed E-state index contributed by atoms with van der Waals surface area (Å²) in [7, 11) is 4.75. The molecule has 0 aromatic heterocycles. The fraction of sp³-hybridized carbons (Fsp3) is 0.459. The first-order chi connectivity index (χ1) is 67.7. The van der Waals surface area contributed by atoms with Gasteiger partial charge in [-0.05, 0) is 248 Å². The molecule has 9 aliphatic heterocycles. The van der Waals surface area contributed by atoms with Crippen LogP contribution in [-0.2, 0) is 120 Å². The zero-order chi connectivity index (χ0) is 103. The topological polar surface area (TPSA) is 398 Å². The van der Waals surface area contributed by atoms with Gasteiger partial charge in [-0.3, -0.25) is 54.0 Å². The number of halogens is 3. The molecule has 2 amide bonds. The first kappa shape index (κ1) is 111. The number of amides is 2. The molecule has 9 heterocycles. The van der Waals surface area contributed by atoms with Crippen molar-refractivity contribution < 1.29 is 83.1 Å². The number of aliphatic imine (C=N–C) groups is 6. The minimum atomic E-state index is -4.51. The van der Waals surface area contributed by atoms with Gasteiger partial charge in [-0.25, -0.2) is 5.48 Å². The highest BCUT2D eigenvalue weighted by atomic mass is 33.1. The van der Waals surface area contributed by atoms with Crippen molar-refractivity contribution in [1.29, 1.82) is 0 Å². The number of carbonyl (C=O) groups is 4. The molecule has 9 aliphatic rings. The zero-order valence-electron chi connectivity index (χ0n) is 82.7. The summed E-state index contributed by atoms with van der Waals surface area (Å²) in [5.74, 6) is -0.363. The average molecular weight is 1980 g/mol. The van der Waals surface area contributed by atoms with Crippen molar-refractivity contribution in [2.45, 2.75) is 284 Å². The van der Waals surface area contributed by atoms with E-state index in [0.29, 0.717) is 51.4 Å². The van der Waals surface area contributed by atoms with Crippen molar-refractivity contribution in [2.75, 3.05) is 38.8 Å². The number of nitrogens with one attached hydrogen (secondary N) is 1. The molecular formula is C111H137F3N12O14S2. The largest absolute Gasteiger partial charge is 0.469 e. The number of hydrogen-bond acceptors (Lipinski definition) is 27. The molecule has 26 nitrogen and oxygen atoms in total. The van der Waals surface area contributed by atoms with E-state index in [9.17, 15) is 68.1 Å². The molecule has 0 fully saturated rings. The van der Waals surface area contributed by atoms with Gasteiger partial charge in [0.1, 0.15) is 39.0 Å². The Morgan fingerprint density at radius 2 is 0.662 bits per heavy atom. The van der Waals surface area contributed by atoms with E-state index < -0.39 is 42.4 Å². The lowest BCUT2D eigenvalue weighted by molar-refractivity contribution is -0.166. The lowest BCUT2D eigenvalue weighted by Gasteiger charge is -2.15. The third kappa shape index (κ3) is 35.0. The van der Waals surface area contributed by atoms with Crippen LogP contribution in [0.3, 0.4) is 0 Å². The minimum absolute atomic E-state index is 0.0263. The van der Waals surface area contributed by atoms with Crippen LogP contribution in [0.1, 0.15) is 228 Å². The van der Waals surface area contributed by atoms with Gasteiger partial charge in [0.05, 0.1) is 62.9 Å². The number of aliphatic hydroxyl groups is 8. The van der Waals surface area contributed by atoms with E-state index in [1.165, 1.54) is 87.0 Å². The average Bonchev–Trinajstić information content (AvgIpc) is 1.58. The first-order valence-electron chi connectivity index (χ1n) is 48.8. The number of carbonyl (C=O) groups excluding carboxylic acids is 4. The molecule has 13 atom stereocenters. The Kier molecular flexibility index (Phi) is 40.1. The number of alkyl halides is 3. The number of Topliss-reactive ketones (excluding diaryl/α,β-unsaturated/α-hetero) is 1. The van der Waals surface area contributed by atoms with Crippen LogP contribution in [0.2, 0.25) is 0 Å². The number of aliphatic hydroxyl groups excluding tert-OH is 8. The van der Waals surface area contributed by atoms with Crippen LogP contribution in [0.25, 0.3) is 0 Å². The maximum absolute atomic E-state index is 13.0. The van der Waals surface area contributed by atoms with E-state index in [1.54, 1.807) is 33.7 Å². The van der Waals surface area contributed by atoms with Gasteiger partial charge in [0, 0.05) is 92.3 Å². The van der Waals surface area contributed by atoms with Gasteiger partial charge in [-0.1, -0.05) is 223 Å². The number of hydrogen-bond donors (Lipinski definition) is 10. The molecule has 17 rings (SSSR count). The standard InChI is InChI=1S/C21H21F3N4O.C21H24N2O4.C15H19NO3.C14H19NOS2.C14H19NO.C13H18N2O2.C13H17NO2/c1-19(25-26-19)16-8-2-14(3-9-16)6-12-18(29)13-7-15-4-10-17(11-5-15)20(27-28-20)21(22,23)24;1-21(14-22-21)16-5-2-15(3-6-16)4-7-17(24)8-9-18(25)12-13-23-19(26)10-11-20(23)27;1-15(10-16-15)12-6-3-11(4-7-12)5-8-13(17)9-14(18)19-2;1-14(10-15-14)12-6-3-11(4-7-12)5-8-13(16)9-18-17-2;1-3-13(16)9-6-11-4-7-12(8-5-11)14(2)10-15-14;1-13(9-14-13)11-5-2-10(3-6-11)4-7-12(16)8-15-17;1-13(9-14-13)11-5-2-10(3-6-11)4-7-12(16)8-15/h2-5,8-11,18,29H,6-7,12-13H2,1H3;2-3,5-6,10-11,14,17,24H,4,7-9,12-13H2,1H3;3-4,6-7,10,13,17H,5,8-9H2,1-2H3;3-4,6-7,10,13,16H,5,8-9H2,1-2H3;4-5,7-8,10,13,16H,3,6,9H2,1-2H3;2-3,5-6,9,12,15-17H,4,7-8H2,1H3;2-3,5-6,9,12,15-16H,4,7-8H2,1H3. The second-order valence-corrected chi connectivity index (χ2v) is 41.3. The van der Waals surface area contributed by atoms with Crippen molar-refractivity contribution >= 4 is 82.4 Å². The number of methoxy groups -OCH3 is 1. The molecule has 0 bridgehead atoms. The Morgan fingerprint density at radius 1 is 0.387 bits per heavy atom. The highest BCUT2D eigenvalue weighted by molar-refractivity contribution is 8.76. The number of esters is 1. The fourth-order valence-corrected chi connectivity index (χ4v) is 16.8. The minimum Gasteiger partial charge on any atom is -0.469 e. The molecule has 0 saturated heterocycles. The number of ketones is 1. The number of ether oxygens (including phenoxy) is 1. The molecular weight excluding hydrogens is 1850 g/mol. The molecule has 8 aromatic carbocycles. The van der Waals surface area contributed by atoms with Crippen LogP contribution in [0.4, 0.5) is 13.2 Å². The van der Waals surface area contributed by atoms with E-state index in [4.69, 9.17) is 10.3 Å². The Morgan fingerprint density at radius 3 is 0.930 bits per heavy atom. The van der Waals surface area contributed by atoms with Gasteiger partial charge in [0.2, 0.25) is 5.66 Å². The predicted octanol–water partition coefficient (Wildman–Crippen LogP) is 17.7. The predicted molar refractivity (Wildman–Crippen MR) is 555 cm³/mol. The molecule has 0 spiro atoms. The lowest BCUT2D eigenvalue weighted by Crippen LogP contribution is -2.32. The maximum atomic E-state index is 13.0. The molecule has 0 saturated carbocycles. The SMILES string of the molecule is CC1(c2ccc(CCC(O)CCC(=O)CCN3C(=O)C=CC3=O)cc2)C=N1.CC1(c2ccc(CCC(O)CCc3ccc(C4(C(F)(F)F)N=N4)cc3)cc2)N=N1.CC1(c2ccc(CCC(O)CNO)cc2)C=N1.CC1(c2ccc(CCC(O)CO)cc2)C=N1.CCC(O)CCc1ccc(C2(C)C=N2)cc1.COC(=O)CC(O)CCc1ccc(C2(C)C=N2)cc1.CSSCC(O)CCc1ccc(C2(C)C=N2)cc1. The Bertz CT molecular complexity index is 5590. The fourth-order valence-electron chi connectivity index (χ4n) is 15.5. The normalized spacial score (nSPS) is 22.3. The summed E-state index contributed by atoms with van der Waals surface area (Å²) in [6.45, 7) is 16.7. The molecule has 13 unspecified atom stereocenters. The quantitative estimate of drug-likeness (QED) is 0.00733. The van der Waals surface area contributed by atoms with Crippen LogP contribution < -0.4 is 5.48 Å². The first-order valence-corrected chi connectivity index (χ1v) is 51.5. The monoisotopic (exact) mass is 1980 g/mol. The molecule has 758 valence electrons. The number of aryl methyl sites for hydroxylation is 8. The molecule has 0 radical (unpaired) electrons. The van der Waals surface area contributed by atoms with Gasteiger partial charge in [-0.15, -0.1) is 10.2 Å². The van der Waals surface area contributed by atoms with E-state index in [-0.39, 0.29) is 119 Å². The number of nitrogens with zero attached hydrogens (tertiary/aromatic N) is 11. The van der Waals surface area contributed by atoms with E-state index >= 15 is 0 Å². The van der Waals surface area contributed by atoms with Gasteiger partial charge in [-0.2, -0.15) is 23.4 Å². The van der Waals surface area contributed by atoms with Crippen molar-refractivity contribution in [3.63, 3.8) is 0 Å². The van der Waals surface area contributed by atoms with Crippen molar-refractivity contribution in [3.05, 3.63) is 295 Å². The smallest absolute Gasteiger partial charge is 0.442 e. The van der Waals surface area contributed by atoms with E-state index in [0.717, 1.165) is 103 Å². The number of rotatable bonds is 47. The summed E-state index contributed by atoms with van der Waals surface area (Å²) in [6.07, 6.45) is 21.7. The van der Waals surface area contributed by atoms with Crippen molar-refractivity contribution in [3.8, 4) is 0 Å². The molecule has 142 heavy (non-hydrogen) atoms. The highest BCUT2D eigenvalue weighted by Gasteiger charge is 2.65. The van der Waals surface area contributed by atoms with Crippen LogP contribution in [0.5, 0.6) is 0 Å². The Hall–Kier alpha value is -10.9. The summed E-state index contributed by atoms with van der Waals surface area (Å²) >= 11 is 0. The number of hydroxylamine groups is 1. The van der Waals surface area contributed by atoms with Gasteiger partial charge >= 0.3 is 17.8 Å². The van der Waals surface area contributed by atoms with Gasteiger partial charge in [0.25, 0.3) is 11.8 Å². The number of imide groups is 1. The van der Waals surface area contributed by atoms with E-state index in [2.05, 4.69) is 230 Å². The number of benzene rings is 8. The Labute approximate surface area is 839 Å². The summed E-state index contributed by atoms with van der Waals surface area (Å²) < 4.78 is 43.6. The maximum Gasteiger partial charge on any atom is 0.442 e. The summed E-state index contributed by atoms with van der Waals surface area (Å²) in [5.41, 5.74) is 16.4. The summed E-state index contributed by atoms with van der Waals surface area (Å²) in [4.78, 5) is 72.3.